The van der Waals surface area contributed by atoms with Crippen molar-refractivity contribution in [2.75, 3.05) is 31.1 Å². The minimum atomic E-state index is -0.508. The Bertz CT molecular complexity index is 1210. The van der Waals surface area contributed by atoms with Crippen molar-refractivity contribution in [1.29, 1.82) is 0 Å². The molecule has 3 heterocycles. The molecule has 2 aromatic carbocycles. The van der Waals surface area contributed by atoms with E-state index in [-0.39, 0.29) is 5.91 Å². The van der Waals surface area contributed by atoms with Gasteiger partial charge in [-0.15, -0.1) is 0 Å². The van der Waals surface area contributed by atoms with Gasteiger partial charge in [-0.2, -0.15) is 10.1 Å². The number of thiazole rings is 1. The number of hydrogen-bond acceptors (Lipinski definition) is 6. The smallest absolute Gasteiger partial charge is 0.263 e. The lowest BCUT2D eigenvalue weighted by molar-refractivity contribution is -0.138. The number of amides is 1. The van der Waals surface area contributed by atoms with E-state index < -0.39 is 6.10 Å². The van der Waals surface area contributed by atoms with Crippen LogP contribution in [0.2, 0.25) is 0 Å². The Morgan fingerprint density at radius 3 is 2.34 bits per heavy atom. The molecule has 32 heavy (non-hydrogen) atoms. The Labute approximate surface area is 190 Å². The van der Waals surface area contributed by atoms with Crippen molar-refractivity contribution in [2.24, 2.45) is 0 Å². The van der Waals surface area contributed by atoms with E-state index in [0.717, 1.165) is 39.9 Å². The first-order valence-electron chi connectivity index (χ1n) is 10.8. The van der Waals surface area contributed by atoms with E-state index in [2.05, 4.69) is 10.00 Å². The SMILES string of the molecule is Cc1nn(-c2ccccc2)c2nc(N3CCN(C(=O)[C@H](C)Oc4ccccc4)CC3)sc12. The molecule has 0 aliphatic carbocycles. The molecule has 0 N–H and O–H groups in total. The first-order chi connectivity index (χ1) is 15.6. The Balaban J connectivity index is 1.27. The molecule has 0 bridgehead atoms. The largest absolute Gasteiger partial charge is 0.481 e. The van der Waals surface area contributed by atoms with E-state index in [0.29, 0.717) is 18.8 Å². The maximum absolute atomic E-state index is 12.8. The summed E-state index contributed by atoms with van der Waals surface area (Å²) in [6.45, 7) is 6.64. The van der Waals surface area contributed by atoms with Gasteiger partial charge in [0.25, 0.3) is 5.91 Å². The summed E-state index contributed by atoms with van der Waals surface area (Å²) in [7, 11) is 0. The second-order valence-corrected chi connectivity index (χ2v) is 8.84. The molecule has 1 fully saturated rings. The van der Waals surface area contributed by atoms with Crippen LogP contribution in [-0.4, -0.2) is 57.9 Å². The van der Waals surface area contributed by atoms with Crippen LogP contribution >= 0.6 is 11.3 Å². The maximum atomic E-state index is 12.8. The van der Waals surface area contributed by atoms with Gasteiger partial charge in [-0.25, -0.2) is 4.68 Å². The van der Waals surface area contributed by atoms with Crippen molar-refractivity contribution in [3.05, 3.63) is 66.4 Å². The summed E-state index contributed by atoms with van der Waals surface area (Å²) < 4.78 is 8.83. The lowest BCUT2D eigenvalue weighted by atomic mass is 10.2. The molecule has 0 spiro atoms. The normalized spacial score (nSPS) is 15.2. The third-order valence-electron chi connectivity index (χ3n) is 5.64. The van der Waals surface area contributed by atoms with Gasteiger partial charge in [-0.1, -0.05) is 47.7 Å². The predicted molar refractivity (Wildman–Crippen MR) is 127 cm³/mol. The first kappa shape index (κ1) is 20.5. The molecule has 4 aromatic rings. The molecular weight excluding hydrogens is 422 g/mol. The predicted octanol–water partition coefficient (Wildman–Crippen LogP) is 3.91. The second-order valence-electron chi connectivity index (χ2n) is 7.87. The zero-order chi connectivity index (χ0) is 22.1. The van der Waals surface area contributed by atoms with Crippen molar-refractivity contribution in [2.45, 2.75) is 20.0 Å². The number of carbonyl (C=O) groups excluding carboxylic acids is 1. The number of hydrogen-bond donors (Lipinski definition) is 0. The van der Waals surface area contributed by atoms with Crippen LogP contribution in [0.3, 0.4) is 0 Å². The van der Waals surface area contributed by atoms with Crippen LogP contribution in [0.4, 0.5) is 5.13 Å². The van der Waals surface area contributed by atoms with Crippen molar-refractivity contribution in [3.8, 4) is 11.4 Å². The Hall–Kier alpha value is -3.39. The van der Waals surface area contributed by atoms with E-state index in [9.17, 15) is 4.79 Å². The van der Waals surface area contributed by atoms with Crippen LogP contribution in [0.1, 0.15) is 12.6 Å². The molecule has 0 unspecified atom stereocenters. The fourth-order valence-corrected chi connectivity index (χ4v) is 4.97. The summed E-state index contributed by atoms with van der Waals surface area (Å²) in [5.41, 5.74) is 2.87. The molecule has 1 aliphatic rings. The monoisotopic (exact) mass is 447 g/mol. The molecule has 1 atom stereocenters. The van der Waals surface area contributed by atoms with Gasteiger partial charge in [0.15, 0.2) is 16.9 Å². The number of aryl methyl sites for hydroxylation is 1. The van der Waals surface area contributed by atoms with Crippen LogP contribution < -0.4 is 9.64 Å². The minimum absolute atomic E-state index is 0.0216. The van der Waals surface area contributed by atoms with Gasteiger partial charge in [0.1, 0.15) is 5.75 Å². The number of fused-ring (bicyclic) bond motifs is 1. The van der Waals surface area contributed by atoms with Crippen LogP contribution in [0.25, 0.3) is 16.0 Å². The summed E-state index contributed by atoms with van der Waals surface area (Å²) in [6, 6.07) is 19.6. The first-order valence-corrected chi connectivity index (χ1v) is 11.6. The molecule has 164 valence electrons. The van der Waals surface area contributed by atoms with Gasteiger partial charge in [0.05, 0.1) is 16.1 Å². The summed E-state index contributed by atoms with van der Waals surface area (Å²) in [4.78, 5) is 21.9. The quantitative estimate of drug-likeness (QED) is 0.464. The number of anilines is 1. The van der Waals surface area contributed by atoms with Crippen molar-refractivity contribution in [1.82, 2.24) is 19.7 Å². The van der Waals surface area contributed by atoms with E-state index >= 15 is 0 Å². The summed E-state index contributed by atoms with van der Waals surface area (Å²) >= 11 is 1.67. The maximum Gasteiger partial charge on any atom is 0.263 e. The number of benzene rings is 2. The summed E-state index contributed by atoms with van der Waals surface area (Å²) in [5, 5.41) is 5.65. The fourth-order valence-electron chi connectivity index (χ4n) is 3.94. The van der Waals surface area contributed by atoms with Gasteiger partial charge >= 0.3 is 0 Å². The van der Waals surface area contributed by atoms with Gasteiger partial charge in [0, 0.05) is 26.2 Å². The summed E-state index contributed by atoms with van der Waals surface area (Å²) in [5.74, 6) is 0.734. The zero-order valence-electron chi connectivity index (χ0n) is 18.1. The topological polar surface area (TPSA) is 63.5 Å². The number of aromatic nitrogens is 3. The molecular formula is C24H25N5O2S. The highest BCUT2D eigenvalue weighted by molar-refractivity contribution is 7.22. The molecule has 0 saturated carbocycles. The van der Waals surface area contributed by atoms with Crippen molar-refractivity contribution < 1.29 is 9.53 Å². The Kier molecular flexibility index (Phi) is 5.53. The third-order valence-corrected chi connectivity index (χ3v) is 6.86. The van der Waals surface area contributed by atoms with Crippen LogP contribution in [0, 0.1) is 6.92 Å². The van der Waals surface area contributed by atoms with E-state index in [1.807, 2.05) is 84.1 Å². The standard InChI is InChI=1S/C24H25N5O2S/c1-17-21-22(29(26-17)19-9-5-3-6-10-19)25-24(32-21)28-15-13-27(14-16-28)23(30)18(2)31-20-11-7-4-8-12-20/h3-12,18H,13-16H2,1-2H3/t18-/m0/s1. The van der Waals surface area contributed by atoms with Gasteiger partial charge in [-0.3, -0.25) is 4.79 Å². The number of piperazine rings is 1. The molecule has 0 radical (unpaired) electrons. The number of carbonyl (C=O) groups is 1. The second kappa shape index (κ2) is 8.63. The molecule has 5 rings (SSSR count). The highest BCUT2D eigenvalue weighted by Crippen LogP contribution is 2.33. The molecule has 1 saturated heterocycles. The molecule has 1 amide bonds. The average molecular weight is 448 g/mol. The summed E-state index contributed by atoms with van der Waals surface area (Å²) in [6.07, 6.45) is -0.508. The van der Waals surface area contributed by atoms with Crippen LogP contribution in [-0.2, 0) is 4.79 Å². The average Bonchev–Trinajstić information content (AvgIpc) is 3.40. The Morgan fingerprint density at radius 2 is 1.66 bits per heavy atom. The lowest BCUT2D eigenvalue weighted by Crippen LogP contribution is -2.52. The number of ether oxygens (including phenoxy) is 1. The molecule has 1 aliphatic heterocycles. The van der Waals surface area contributed by atoms with Crippen LogP contribution in [0.15, 0.2) is 60.7 Å². The van der Waals surface area contributed by atoms with E-state index in [1.165, 1.54) is 0 Å². The van der Waals surface area contributed by atoms with Crippen molar-refractivity contribution in [3.63, 3.8) is 0 Å². The van der Waals surface area contributed by atoms with Gasteiger partial charge in [-0.05, 0) is 38.1 Å². The van der Waals surface area contributed by atoms with Crippen LogP contribution in [0.5, 0.6) is 5.75 Å². The third kappa shape index (κ3) is 3.93. The number of nitrogens with zero attached hydrogens (tertiary/aromatic N) is 5. The fraction of sp³-hybridized carbons (Fsp3) is 0.292. The van der Waals surface area contributed by atoms with Crippen molar-refractivity contribution >= 4 is 32.7 Å². The molecule has 8 heteroatoms. The molecule has 2 aromatic heterocycles. The lowest BCUT2D eigenvalue weighted by Gasteiger charge is -2.35. The van der Waals surface area contributed by atoms with Gasteiger partial charge in [0.2, 0.25) is 0 Å². The number of para-hydroxylation sites is 2. The Morgan fingerprint density at radius 1 is 1.00 bits per heavy atom. The van der Waals surface area contributed by atoms with E-state index in [1.54, 1.807) is 11.3 Å². The highest BCUT2D eigenvalue weighted by atomic mass is 32.1. The van der Waals surface area contributed by atoms with E-state index in [4.69, 9.17) is 9.72 Å². The minimum Gasteiger partial charge on any atom is -0.481 e. The number of rotatable bonds is 5. The zero-order valence-corrected chi connectivity index (χ0v) is 19.0. The highest BCUT2D eigenvalue weighted by Gasteiger charge is 2.28. The molecule has 7 nitrogen and oxygen atoms in total. The van der Waals surface area contributed by atoms with Gasteiger partial charge < -0.3 is 14.5 Å².